The molecule has 1 aromatic rings. The summed E-state index contributed by atoms with van der Waals surface area (Å²) in [7, 11) is 0. The molecule has 0 spiro atoms. The Hall–Kier alpha value is -1.82. The smallest absolute Gasteiger partial charge is 0.315 e. The molecule has 6 heteroatoms. The lowest BCUT2D eigenvalue weighted by atomic mass is 10.2. The summed E-state index contributed by atoms with van der Waals surface area (Å²) in [5.41, 5.74) is 1.20. The van der Waals surface area contributed by atoms with Crippen LogP contribution < -0.4 is 10.2 Å². The van der Waals surface area contributed by atoms with E-state index in [2.05, 4.69) is 5.32 Å². The van der Waals surface area contributed by atoms with Gasteiger partial charge < -0.3 is 15.3 Å². The van der Waals surface area contributed by atoms with E-state index in [9.17, 15) is 15.2 Å². The molecule has 1 atom stereocenters. The van der Waals surface area contributed by atoms with Crippen molar-refractivity contribution in [3.8, 4) is 0 Å². The third-order valence-electron chi connectivity index (χ3n) is 3.07. The van der Waals surface area contributed by atoms with Crippen molar-refractivity contribution in [3.63, 3.8) is 0 Å². The van der Waals surface area contributed by atoms with Crippen LogP contribution in [0.5, 0.6) is 0 Å². The minimum absolute atomic E-state index is 0.0912. The molecule has 0 saturated carbocycles. The molecule has 0 amide bonds. The van der Waals surface area contributed by atoms with Gasteiger partial charge in [-0.3, -0.25) is 10.1 Å². The number of benzene rings is 1. The van der Waals surface area contributed by atoms with E-state index in [0.29, 0.717) is 37.4 Å². The number of hydrogen-bond acceptors (Lipinski definition) is 5. The molecule has 1 saturated heterocycles. The molecule has 1 aliphatic rings. The Morgan fingerprint density at radius 3 is 2.94 bits per heavy atom. The predicted molar refractivity (Wildman–Crippen MR) is 70.1 cm³/mol. The first-order chi connectivity index (χ1) is 8.63. The number of anilines is 2. The van der Waals surface area contributed by atoms with E-state index in [-0.39, 0.29) is 10.6 Å². The number of hydrogen-bond donors (Lipinski definition) is 2. The van der Waals surface area contributed by atoms with Crippen molar-refractivity contribution in [1.82, 2.24) is 0 Å². The Kier molecular flexibility index (Phi) is 3.66. The number of rotatable bonds is 4. The van der Waals surface area contributed by atoms with Crippen LogP contribution in [-0.4, -0.2) is 35.8 Å². The van der Waals surface area contributed by atoms with E-state index in [0.717, 1.165) is 0 Å². The fourth-order valence-corrected chi connectivity index (χ4v) is 2.27. The normalized spacial score (nSPS) is 19.0. The summed E-state index contributed by atoms with van der Waals surface area (Å²) in [6, 6.07) is 5.24. The Labute approximate surface area is 105 Å². The fourth-order valence-electron chi connectivity index (χ4n) is 2.27. The fraction of sp³-hybridized carbons (Fsp3) is 0.500. The highest BCUT2D eigenvalue weighted by molar-refractivity contribution is 5.77. The highest BCUT2D eigenvalue weighted by Crippen LogP contribution is 2.36. The zero-order valence-corrected chi connectivity index (χ0v) is 10.3. The number of nitrogens with zero attached hydrogens (tertiary/aromatic N) is 2. The average Bonchev–Trinajstić information content (AvgIpc) is 2.75. The van der Waals surface area contributed by atoms with Crippen LogP contribution in [0.2, 0.25) is 0 Å². The molecule has 6 nitrogen and oxygen atoms in total. The minimum atomic E-state index is -0.396. The highest BCUT2D eigenvalue weighted by Gasteiger charge is 2.28. The Bertz CT molecular complexity index is 450. The molecule has 2 N–H and O–H groups in total. The molecule has 18 heavy (non-hydrogen) atoms. The first kappa shape index (κ1) is 12.6. The van der Waals surface area contributed by atoms with Crippen molar-refractivity contribution < 1.29 is 10.0 Å². The second-order valence-corrected chi connectivity index (χ2v) is 4.35. The highest BCUT2D eigenvalue weighted by atomic mass is 16.6. The number of nitrogens with one attached hydrogen (secondary N) is 1. The molecule has 98 valence electrons. The molecule has 1 aromatic carbocycles. The first-order valence-corrected chi connectivity index (χ1v) is 6.07. The maximum absolute atomic E-state index is 11.2. The average molecular weight is 251 g/mol. The number of β-amino-alcohol motifs (C(OH)–C–C–N with tert-alkyl or cyclic N) is 1. The van der Waals surface area contributed by atoms with Crippen molar-refractivity contribution in [1.29, 1.82) is 0 Å². The van der Waals surface area contributed by atoms with Gasteiger partial charge in [0.1, 0.15) is 11.4 Å². The SMILES string of the molecule is CCNc1cccc(N2CCC(O)C2)c1[N+](=O)[O-]. The molecule has 0 bridgehead atoms. The van der Waals surface area contributed by atoms with Gasteiger partial charge in [0.25, 0.3) is 0 Å². The van der Waals surface area contributed by atoms with E-state index < -0.39 is 6.10 Å². The number of nitro groups is 1. The molecule has 0 radical (unpaired) electrons. The van der Waals surface area contributed by atoms with Gasteiger partial charge in [0.05, 0.1) is 11.0 Å². The van der Waals surface area contributed by atoms with Crippen molar-refractivity contribution >= 4 is 17.1 Å². The maximum Gasteiger partial charge on any atom is 0.315 e. The van der Waals surface area contributed by atoms with E-state index in [4.69, 9.17) is 0 Å². The third-order valence-corrected chi connectivity index (χ3v) is 3.07. The number of aliphatic hydroxyl groups excluding tert-OH is 1. The summed E-state index contributed by atoms with van der Waals surface area (Å²) in [6.07, 6.45) is 0.259. The van der Waals surface area contributed by atoms with Gasteiger partial charge in [-0.1, -0.05) is 6.07 Å². The number of nitro benzene ring substituents is 1. The largest absolute Gasteiger partial charge is 0.391 e. The molecule has 1 heterocycles. The van der Waals surface area contributed by atoms with Crippen LogP contribution in [0.3, 0.4) is 0 Å². The van der Waals surface area contributed by atoms with Gasteiger partial charge in [-0.25, -0.2) is 0 Å². The van der Waals surface area contributed by atoms with Gasteiger partial charge in [-0.05, 0) is 25.5 Å². The summed E-state index contributed by atoms with van der Waals surface area (Å²) in [5, 5.41) is 23.8. The number of para-hydroxylation sites is 1. The molecular formula is C12H17N3O3. The predicted octanol–water partition coefficient (Wildman–Crippen LogP) is 1.60. The standard InChI is InChI=1S/C12H17N3O3/c1-2-13-10-4-3-5-11(12(10)15(17)18)14-7-6-9(16)8-14/h3-5,9,13,16H,2,6-8H2,1H3. The first-order valence-electron chi connectivity index (χ1n) is 6.07. The lowest BCUT2D eigenvalue weighted by Crippen LogP contribution is -2.22. The topological polar surface area (TPSA) is 78.6 Å². The van der Waals surface area contributed by atoms with Gasteiger partial charge in [0.15, 0.2) is 0 Å². The van der Waals surface area contributed by atoms with E-state index >= 15 is 0 Å². The maximum atomic E-state index is 11.2. The van der Waals surface area contributed by atoms with Crippen LogP contribution in [0, 0.1) is 10.1 Å². The van der Waals surface area contributed by atoms with Gasteiger partial charge in [-0.2, -0.15) is 0 Å². The molecule has 1 unspecified atom stereocenters. The Morgan fingerprint density at radius 1 is 1.61 bits per heavy atom. The molecular weight excluding hydrogens is 234 g/mol. The van der Waals surface area contributed by atoms with Gasteiger partial charge in [0, 0.05) is 19.6 Å². The van der Waals surface area contributed by atoms with Gasteiger partial charge >= 0.3 is 5.69 Å². The molecule has 1 fully saturated rings. The van der Waals surface area contributed by atoms with Crippen LogP contribution in [0.1, 0.15) is 13.3 Å². The Balaban J connectivity index is 2.39. The third kappa shape index (κ3) is 2.38. The van der Waals surface area contributed by atoms with Crippen molar-refractivity contribution in [2.45, 2.75) is 19.4 Å². The van der Waals surface area contributed by atoms with Crippen LogP contribution in [-0.2, 0) is 0 Å². The quantitative estimate of drug-likeness (QED) is 0.627. The summed E-state index contributed by atoms with van der Waals surface area (Å²) >= 11 is 0. The lowest BCUT2D eigenvalue weighted by molar-refractivity contribution is -0.383. The van der Waals surface area contributed by atoms with Gasteiger partial charge in [0.2, 0.25) is 0 Å². The van der Waals surface area contributed by atoms with E-state index in [1.165, 1.54) is 0 Å². The molecule has 1 aliphatic heterocycles. The summed E-state index contributed by atoms with van der Waals surface area (Å²) in [5.74, 6) is 0. The van der Waals surface area contributed by atoms with Crippen molar-refractivity contribution in [2.24, 2.45) is 0 Å². The van der Waals surface area contributed by atoms with E-state index in [1.807, 2.05) is 11.8 Å². The second kappa shape index (κ2) is 5.22. The summed E-state index contributed by atoms with van der Waals surface area (Å²) in [6.45, 7) is 3.64. The second-order valence-electron chi connectivity index (χ2n) is 4.35. The van der Waals surface area contributed by atoms with Crippen molar-refractivity contribution in [2.75, 3.05) is 29.9 Å². The van der Waals surface area contributed by atoms with Crippen LogP contribution in [0.4, 0.5) is 17.1 Å². The minimum Gasteiger partial charge on any atom is -0.391 e. The monoisotopic (exact) mass is 251 g/mol. The summed E-state index contributed by atoms with van der Waals surface area (Å²) in [4.78, 5) is 12.7. The zero-order chi connectivity index (χ0) is 13.1. The van der Waals surface area contributed by atoms with Gasteiger partial charge in [-0.15, -0.1) is 0 Å². The molecule has 0 aliphatic carbocycles. The lowest BCUT2D eigenvalue weighted by Gasteiger charge is -2.19. The van der Waals surface area contributed by atoms with Crippen LogP contribution in [0.25, 0.3) is 0 Å². The molecule has 2 rings (SSSR count). The summed E-state index contributed by atoms with van der Waals surface area (Å²) < 4.78 is 0. The van der Waals surface area contributed by atoms with Crippen molar-refractivity contribution in [3.05, 3.63) is 28.3 Å². The zero-order valence-electron chi connectivity index (χ0n) is 10.3. The number of aliphatic hydroxyl groups is 1. The van der Waals surface area contributed by atoms with Crippen LogP contribution >= 0.6 is 0 Å². The van der Waals surface area contributed by atoms with E-state index in [1.54, 1.807) is 18.2 Å². The molecule has 0 aromatic heterocycles. The Morgan fingerprint density at radius 2 is 2.39 bits per heavy atom. The van der Waals surface area contributed by atoms with Crippen LogP contribution in [0.15, 0.2) is 18.2 Å².